The number of fused-ring (bicyclic) bond motifs is 2. The average molecular weight is 403 g/mol. The maximum absolute atomic E-state index is 10.5. The Balaban J connectivity index is 1.45. The molecule has 7 nitrogen and oxygen atoms in total. The van der Waals surface area contributed by atoms with Gasteiger partial charge in [-0.2, -0.15) is 5.10 Å². The van der Waals surface area contributed by atoms with Gasteiger partial charge in [-0.15, -0.1) is 0 Å². The highest BCUT2D eigenvalue weighted by atomic mass is 16.3. The van der Waals surface area contributed by atoms with Crippen LogP contribution in [-0.4, -0.2) is 63.0 Å². The SMILES string of the molecule is CN(C)C1CCN(c2ccc3nc(-c4cc5cn(C)nc5cc4O)ccc3n2)CC1. The van der Waals surface area contributed by atoms with Crippen molar-refractivity contribution in [1.82, 2.24) is 24.6 Å². The van der Waals surface area contributed by atoms with E-state index in [0.29, 0.717) is 11.6 Å². The molecule has 4 aromatic rings. The molecule has 7 heteroatoms. The molecule has 30 heavy (non-hydrogen) atoms. The average Bonchev–Trinajstić information content (AvgIpc) is 3.11. The summed E-state index contributed by atoms with van der Waals surface area (Å²) in [5.41, 5.74) is 3.89. The number of aromatic nitrogens is 4. The predicted octanol–water partition coefficient (Wildman–Crippen LogP) is 3.42. The summed E-state index contributed by atoms with van der Waals surface area (Å²) < 4.78 is 1.74. The molecule has 0 amide bonds. The first-order valence-corrected chi connectivity index (χ1v) is 10.3. The molecule has 0 unspecified atom stereocenters. The molecule has 1 aromatic carbocycles. The van der Waals surface area contributed by atoms with Crippen LogP contribution in [0.1, 0.15) is 12.8 Å². The van der Waals surface area contributed by atoms with E-state index in [9.17, 15) is 5.11 Å². The minimum absolute atomic E-state index is 0.182. The van der Waals surface area contributed by atoms with Crippen molar-refractivity contribution in [3.05, 3.63) is 42.6 Å². The number of aryl methyl sites for hydroxylation is 1. The first-order chi connectivity index (χ1) is 14.5. The number of aromatic hydroxyl groups is 1. The lowest BCUT2D eigenvalue weighted by atomic mass is 10.0. The number of rotatable bonds is 3. The van der Waals surface area contributed by atoms with E-state index in [1.54, 1.807) is 10.7 Å². The first kappa shape index (κ1) is 18.8. The number of piperidine rings is 1. The van der Waals surface area contributed by atoms with Crippen LogP contribution in [0.2, 0.25) is 0 Å². The van der Waals surface area contributed by atoms with Crippen molar-refractivity contribution in [1.29, 1.82) is 0 Å². The molecule has 4 heterocycles. The Labute approximate surface area is 175 Å². The fourth-order valence-corrected chi connectivity index (χ4v) is 4.33. The Bertz CT molecular complexity index is 1220. The van der Waals surface area contributed by atoms with E-state index < -0.39 is 0 Å². The lowest BCUT2D eigenvalue weighted by Crippen LogP contribution is -2.42. The van der Waals surface area contributed by atoms with Gasteiger partial charge in [0.1, 0.15) is 11.6 Å². The predicted molar refractivity (Wildman–Crippen MR) is 120 cm³/mol. The molecule has 0 bridgehead atoms. The van der Waals surface area contributed by atoms with Gasteiger partial charge in [-0.05, 0) is 57.3 Å². The van der Waals surface area contributed by atoms with E-state index in [1.807, 2.05) is 37.5 Å². The second-order valence-corrected chi connectivity index (χ2v) is 8.32. The van der Waals surface area contributed by atoms with Gasteiger partial charge in [0.15, 0.2) is 0 Å². The molecule has 1 aliphatic rings. The van der Waals surface area contributed by atoms with Gasteiger partial charge in [0, 0.05) is 49.4 Å². The minimum atomic E-state index is 0.182. The second-order valence-electron chi connectivity index (χ2n) is 8.32. The summed E-state index contributed by atoms with van der Waals surface area (Å²) in [6.07, 6.45) is 4.24. The molecule has 0 saturated carbocycles. The van der Waals surface area contributed by atoms with Crippen molar-refractivity contribution in [3.8, 4) is 17.0 Å². The summed E-state index contributed by atoms with van der Waals surface area (Å²) in [7, 11) is 6.18. The molecule has 0 spiro atoms. The van der Waals surface area contributed by atoms with Crippen LogP contribution in [0.25, 0.3) is 33.2 Å². The third-order valence-corrected chi connectivity index (χ3v) is 6.06. The van der Waals surface area contributed by atoms with Crippen LogP contribution < -0.4 is 4.90 Å². The molecule has 1 N–H and O–H groups in total. The van der Waals surface area contributed by atoms with E-state index in [1.165, 1.54) is 0 Å². The fourth-order valence-electron chi connectivity index (χ4n) is 4.33. The molecule has 0 radical (unpaired) electrons. The summed E-state index contributed by atoms with van der Waals surface area (Å²) in [6.45, 7) is 2.04. The lowest BCUT2D eigenvalue weighted by Gasteiger charge is -2.35. The molecular formula is C23H26N6O. The van der Waals surface area contributed by atoms with Crippen LogP contribution in [0.15, 0.2) is 42.6 Å². The Kier molecular flexibility index (Phi) is 4.55. The van der Waals surface area contributed by atoms with Gasteiger partial charge in [-0.25, -0.2) is 9.97 Å². The van der Waals surface area contributed by atoms with Gasteiger partial charge in [-0.1, -0.05) is 0 Å². The minimum Gasteiger partial charge on any atom is -0.507 e. The first-order valence-electron chi connectivity index (χ1n) is 10.3. The normalized spacial score (nSPS) is 15.5. The summed E-state index contributed by atoms with van der Waals surface area (Å²) in [5.74, 6) is 1.19. The third-order valence-electron chi connectivity index (χ3n) is 6.06. The summed E-state index contributed by atoms with van der Waals surface area (Å²) in [5, 5.41) is 15.8. The van der Waals surface area contributed by atoms with E-state index >= 15 is 0 Å². The van der Waals surface area contributed by atoms with Crippen LogP contribution >= 0.6 is 0 Å². The van der Waals surface area contributed by atoms with Crippen LogP contribution in [0, 0.1) is 0 Å². The summed E-state index contributed by atoms with van der Waals surface area (Å²) in [4.78, 5) is 14.3. The zero-order chi connectivity index (χ0) is 20.8. The van der Waals surface area contributed by atoms with Gasteiger partial charge >= 0.3 is 0 Å². The number of pyridine rings is 2. The molecule has 154 valence electrons. The van der Waals surface area contributed by atoms with Gasteiger partial charge in [-0.3, -0.25) is 4.68 Å². The van der Waals surface area contributed by atoms with E-state index in [2.05, 4.69) is 35.1 Å². The molecule has 1 fully saturated rings. The summed E-state index contributed by atoms with van der Waals surface area (Å²) in [6, 6.07) is 12.3. The van der Waals surface area contributed by atoms with Crippen molar-refractivity contribution in [2.45, 2.75) is 18.9 Å². The highest BCUT2D eigenvalue weighted by molar-refractivity contribution is 5.88. The van der Waals surface area contributed by atoms with Crippen molar-refractivity contribution in [2.24, 2.45) is 7.05 Å². The van der Waals surface area contributed by atoms with E-state index in [0.717, 1.165) is 59.4 Å². The number of anilines is 1. The second kappa shape index (κ2) is 7.25. The maximum Gasteiger partial charge on any atom is 0.129 e. The topological polar surface area (TPSA) is 70.3 Å². The molecular weight excluding hydrogens is 376 g/mol. The van der Waals surface area contributed by atoms with Gasteiger partial charge < -0.3 is 14.9 Å². The van der Waals surface area contributed by atoms with Crippen molar-refractivity contribution in [3.63, 3.8) is 0 Å². The largest absolute Gasteiger partial charge is 0.507 e. The zero-order valence-corrected chi connectivity index (χ0v) is 17.6. The number of hydrogen-bond acceptors (Lipinski definition) is 6. The van der Waals surface area contributed by atoms with Gasteiger partial charge in [0.25, 0.3) is 0 Å². The molecule has 3 aromatic heterocycles. The monoisotopic (exact) mass is 402 g/mol. The highest BCUT2D eigenvalue weighted by Gasteiger charge is 2.21. The number of benzene rings is 1. The molecule has 5 rings (SSSR count). The quantitative estimate of drug-likeness (QED) is 0.566. The molecule has 0 aliphatic carbocycles. The fraction of sp³-hybridized carbons (Fsp3) is 0.348. The number of hydrogen-bond donors (Lipinski definition) is 1. The Morgan fingerprint density at radius 1 is 0.967 bits per heavy atom. The Morgan fingerprint density at radius 3 is 2.47 bits per heavy atom. The highest BCUT2D eigenvalue weighted by Crippen LogP contribution is 2.33. The third kappa shape index (κ3) is 3.35. The zero-order valence-electron chi connectivity index (χ0n) is 17.6. The number of phenols is 1. The van der Waals surface area contributed by atoms with Crippen molar-refractivity contribution in [2.75, 3.05) is 32.1 Å². The lowest BCUT2D eigenvalue weighted by molar-refractivity contribution is 0.249. The van der Waals surface area contributed by atoms with Crippen molar-refractivity contribution >= 4 is 27.8 Å². The van der Waals surface area contributed by atoms with Gasteiger partial charge in [0.05, 0.1) is 22.2 Å². The Morgan fingerprint density at radius 2 is 1.70 bits per heavy atom. The van der Waals surface area contributed by atoms with Crippen molar-refractivity contribution < 1.29 is 5.11 Å². The summed E-state index contributed by atoms with van der Waals surface area (Å²) >= 11 is 0. The maximum atomic E-state index is 10.5. The van der Waals surface area contributed by atoms with Crippen LogP contribution in [0.3, 0.4) is 0 Å². The molecule has 1 saturated heterocycles. The van der Waals surface area contributed by atoms with E-state index in [4.69, 9.17) is 9.97 Å². The smallest absolute Gasteiger partial charge is 0.129 e. The van der Waals surface area contributed by atoms with Crippen LogP contribution in [-0.2, 0) is 7.05 Å². The van der Waals surface area contributed by atoms with Gasteiger partial charge in [0.2, 0.25) is 0 Å². The standard InChI is InChI=1S/C23H26N6O/c1-27(2)16-8-10-29(11-9-16)23-7-6-19-20(25-23)5-4-18(24-19)17-12-15-14-28(3)26-21(15)13-22(17)30/h4-7,12-14,16,30H,8-11H2,1-3H3. The van der Waals surface area contributed by atoms with Crippen LogP contribution in [0.4, 0.5) is 5.82 Å². The molecule has 1 aliphatic heterocycles. The van der Waals surface area contributed by atoms with Crippen LogP contribution in [0.5, 0.6) is 5.75 Å². The Hall–Kier alpha value is -3.19. The molecule has 0 atom stereocenters. The number of nitrogens with zero attached hydrogens (tertiary/aromatic N) is 6. The number of phenolic OH excluding ortho intramolecular Hbond substituents is 1. The van der Waals surface area contributed by atoms with E-state index in [-0.39, 0.29) is 5.75 Å².